The van der Waals surface area contributed by atoms with E-state index >= 15 is 0 Å². The Morgan fingerprint density at radius 2 is 1.71 bits per heavy atom. The molecule has 17 heavy (non-hydrogen) atoms. The highest BCUT2D eigenvalue weighted by molar-refractivity contribution is 5.76. The maximum atomic E-state index is 11.5. The van der Waals surface area contributed by atoms with Gasteiger partial charge in [0.15, 0.2) is 0 Å². The molecule has 0 aliphatic heterocycles. The molecule has 5 heteroatoms. The highest BCUT2D eigenvalue weighted by atomic mass is 16.6. The van der Waals surface area contributed by atoms with Crippen molar-refractivity contribution in [3.8, 4) is 0 Å². The van der Waals surface area contributed by atoms with Crippen molar-refractivity contribution in [3.05, 3.63) is 0 Å². The van der Waals surface area contributed by atoms with E-state index < -0.39 is 5.60 Å². The minimum Gasteiger partial charge on any atom is -0.444 e. The lowest BCUT2D eigenvalue weighted by molar-refractivity contribution is -0.122. The van der Waals surface area contributed by atoms with Gasteiger partial charge >= 0.3 is 6.09 Å². The lowest BCUT2D eigenvalue weighted by Gasteiger charge is -2.28. The number of ether oxygens (including phenoxy) is 1. The quantitative estimate of drug-likeness (QED) is 0.771. The first-order chi connectivity index (χ1) is 7.78. The van der Waals surface area contributed by atoms with Crippen LogP contribution in [-0.2, 0) is 9.53 Å². The summed E-state index contributed by atoms with van der Waals surface area (Å²) in [7, 11) is 0. The zero-order chi connectivity index (χ0) is 13.1. The van der Waals surface area contributed by atoms with Crippen molar-refractivity contribution in [2.24, 2.45) is 11.7 Å². The van der Waals surface area contributed by atoms with Crippen LogP contribution in [-0.4, -0.2) is 23.6 Å². The topological polar surface area (TPSA) is 81.4 Å². The zero-order valence-electron chi connectivity index (χ0n) is 10.8. The molecule has 1 aliphatic carbocycles. The number of nitrogens with two attached hydrogens (primary N) is 1. The molecule has 0 atom stereocenters. The van der Waals surface area contributed by atoms with Gasteiger partial charge in [0.25, 0.3) is 0 Å². The average molecular weight is 242 g/mol. The van der Waals surface area contributed by atoms with E-state index in [1.165, 1.54) is 0 Å². The van der Waals surface area contributed by atoms with E-state index in [4.69, 9.17) is 10.5 Å². The molecular formula is C12H22N2O3. The summed E-state index contributed by atoms with van der Waals surface area (Å²) in [5.41, 5.74) is 4.77. The van der Waals surface area contributed by atoms with E-state index in [0.29, 0.717) is 0 Å². The number of hydrogen-bond donors (Lipinski definition) is 2. The Kier molecular flexibility index (Phi) is 4.37. The van der Waals surface area contributed by atoms with E-state index in [9.17, 15) is 9.59 Å². The van der Waals surface area contributed by atoms with Crippen molar-refractivity contribution in [1.82, 2.24) is 5.32 Å². The van der Waals surface area contributed by atoms with Crippen molar-refractivity contribution >= 4 is 12.0 Å². The fourth-order valence-corrected chi connectivity index (χ4v) is 2.00. The van der Waals surface area contributed by atoms with Gasteiger partial charge < -0.3 is 15.8 Å². The molecule has 0 saturated heterocycles. The lowest BCUT2D eigenvalue weighted by Crippen LogP contribution is -2.42. The monoisotopic (exact) mass is 242 g/mol. The molecule has 0 heterocycles. The maximum absolute atomic E-state index is 11.5. The molecule has 1 aliphatic rings. The summed E-state index contributed by atoms with van der Waals surface area (Å²) >= 11 is 0. The van der Waals surface area contributed by atoms with Gasteiger partial charge in [-0.1, -0.05) is 0 Å². The SMILES string of the molecule is CC(C)(C)OC(=O)NC1CCC(C(N)=O)CC1. The molecule has 0 aromatic heterocycles. The molecule has 0 bridgehead atoms. The van der Waals surface area contributed by atoms with Crippen molar-refractivity contribution in [1.29, 1.82) is 0 Å². The molecule has 98 valence electrons. The first-order valence-electron chi connectivity index (χ1n) is 6.07. The molecule has 0 radical (unpaired) electrons. The Bertz CT molecular complexity index is 289. The van der Waals surface area contributed by atoms with Crippen LogP contribution < -0.4 is 11.1 Å². The number of alkyl carbamates (subject to hydrolysis) is 1. The number of hydrogen-bond acceptors (Lipinski definition) is 3. The summed E-state index contributed by atoms with van der Waals surface area (Å²) in [5.74, 6) is -0.271. The summed E-state index contributed by atoms with van der Waals surface area (Å²) in [4.78, 5) is 22.5. The lowest BCUT2D eigenvalue weighted by atomic mass is 9.86. The molecule has 0 aromatic rings. The highest BCUT2D eigenvalue weighted by Crippen LogP contribution is 2.24. The molecule has 5 nitrogen and oxygen atoms in total. The number of nitrogens with one attached hydrogen (secondary N) is 1. The third-order valence-corrected chi connectivity index (χ3v) is 2.85. The summed E-state index contributed by atoms with van der Waals surface area (Å²) < 4.78 is 5.17. The number of carbonyl (C=O) groups is 2. The number of carbonyl (C=O) groups excluding carboxylic acids is 2. The van der Waals surface area contributed by atoms with Crippen LogP contribution in [0.5, 0.6) is 0 Å². The van der Waals surface area contributed by atoms with E-state index in [1.807, 2.05) is 20.8 Å². The van der Waals surface area contributed by atoms with Gasteiger partial charge in [0.1, 0.15) is 5.60 Å². The minimum atomic E-state index is -0.478. The second-order valence-corrected chi connectivity index (χ2v) is 5.60. The molecule has 2 amide bonds. The molecular weight excluding hydrogens is 220 g/mol. The fourth-order valence-electron chi connectivity index (χ4n) is 2.00. The average Bonchev–Trinajstić information content (AvgIpc) is 2.15. The summed E-state index contributed by atoms with van der Waals surface area (Å²) in [5, 5.41) is 2.82. The molecule has 3 N–H and O–H groups in total. The van der Waals surface area contributed by atoms with Crippen LogP contribution in [0.25, 0.3) is 0 Å². The maximum Gasteiger partial charge on any atom is 0.407 e. The van der Waals surface area contributed by atoms with Gasteiger partial charge in [-0.2, -0.15) is 0 Å². The normalized spacial score (nSPS) is 25.1. The second kappa shape index (κ2) is 5.38. The van der Waals surface area contributed by atoms with Crippen LogP contribution in [0.2, 0.25) is 0 Å². The Hall–Kier alpha value is -1.26. The molecule has 1 fully saturated rings. The predicted molar refractivity (Wildman–Crippen MR) is 64.3 cm³/mol. The van der Waals surface area contributed by atoms with Gasteiger partial charge in [0.05, 0.1) is 0 Å². The fraction of sp³-hybridized carbons (Fsp3) is 0.833. The molecule has 0 unspecified atom stereocenters. The van der Waals surface area contributed by atoms with E-state index in [-0.39, 0.29) is 24.0 Å². The first-order valence-corrected chi connectivity index (χ1v) is 6.07. The largest absolute Gasteiger partial charge is 0.444 e. The molecule has 0 spiro atoms. The second-order valence-electron chi connectivity index (χ2n) is 5.60. The zero-order valence-corrected chi connectivity index (χ0v) is 10.8. The first kappa shape index (κ1) is 13.8. The van der Waals surface area contributed by atoms with E-state index in [2.05, 4.69) is 5.32 Å². The molecule has 1 saturated carbocycles. The van der Waals surface area contributed by atoms with Crippen LogP contribution in [0.4, 0.5) is 4.79 Å². The molecule has 0 aromatic carbocycles. The van der Waals surface area contributed by atoms with Crippen molar-refractivity contribution in [2.45, 2.75) is 58.1 Å². The van der Waals surface area contributed by atoms with Crippen LogP contribution >= 0.6 is 0 Å². The third-order valence-electron chi connectivity index (χ3n) is 2.85. The summed E-state index contributed by atoms with van der Waals surface area (Å²) in [6.45, 7) is 5.49. The summed E-state index contributed by atoms with van der Waals surface area (Å²) in [6, 6.07) is 0.0976. The van der Waals surface area contributed by atoms with Crippen molar-refractivity contribution in [2.75, 3.05) is 0 Å². The Morgan fingerprint density at radius 3 is 2.12 bits per heavy atom. The van der Waals surface area contributed by atoms with Gasteiger partial charge in [0.2, 0.25) is 5.91 Å². The van der Waals surface area contributed by atoms with E-state index in [0.717, 1.165) is 25.7 Å². The van der Waals surface area contributed by atoms with Gasteiger partial charge in [0, 0.05) is 12.0 Å². The smallest absolute Gasteiger partial charge is 0.407 e. The van der Waals surface area contributed by atoms with Gasteiger partial charge in [-0.25, -0.2) is 4.79 Å². The van der Waals surface area contributed by atoms with Crippen LogP contribution in [0.1, 0.15) is 46.5 Å². The van der Waals surface area contributed by atoms with Crippen LogP contribution in [0.15, 0.2) is 0 Å². The number of rotatable bonds is 2. The van der Waals surface area contributed by atoms with Crippen LogP contribution in [0, 0.1) is 5.92 Å². The van der Waals surface area contributed by atoms with Crippen molar-refractivity contribution in [3.63, 3.8) is 0 Å². The third kappa shape index (κ3) is 5.06. The Labute approximate surface area is 102 Å². The van der Waals surface area contributed by atoms with Crippen LogP contribution in [0.3, 0.4) is 0 Å². The Balaban J connectivity index is 2.31. The number of primary amides is 1. The van der Waals surface area contributed by atoms with E-state index in [1.54, 1.807) is 0 Å². The van der Waals surface area contributed by atoms with Gasteiger partial charge in [-0.15, -0.1) is 0 Å². The van der Waals surface area contributed by atoms with Gasteiger partial charge in [-0.05, 0) is 46.5 Å². The predicted octanol–water partition coefficient (Wildman–Crippen LogP) is 1.56. The molecule has 1 rings (SSSR count). The number of amides is 2. The van der Waals surface area contributed by atoms with Gasteiger partial charge in [-0.3, -0.25) is 4.79 Å². The van der Waals surface area contributed by atoms with Crippen molar-refractivity contribution < 1.29 is 14.3 Å². The Morgan fingerprint density at radius 1 is 1.18 bits per heavy atom. The minimum absolute atomic E-state index is 0.0355. The highest BCUT2D eigenvalue weighted by Gasteiger charge is 2.26. The standard InChI is InChI=1S/C12H22N2O3/c1-12(2,3)17-11(16)14-9-6-4-8(5-7-9)10(13)15/h8-9H,4-7H2,1-3H3,(H2,13,15)(H,14,16). The summed E-state index contributed by atoms with van der Waals surface area (Å²) in [6.07, 6.45) is 2.67.